The maximum Gasteiger partial charge on any atom is 0.354 e. The van der Waals surface area contributed by atoms with E-state index in [1.54, 1.807) is 12.3 Å². The van der Waals surface area contributed by atoms with Crippen molar-refractivity contribution < 1.29 is 9.90 Å². The van der Waals surface area contributed by atoms with E-state index in [9.17, 15) is 4.79 Å². The van der Waals surface area contributed by atoms with Crippen molar-refractivity contribution in [1.82, 2.24) is 9.88 Å². The molecule has 0 saturated carbocycles. The Balaban J connectivity index is 1.56. The molecular formula is C19H21N3O2. The largest absolute Gasteiger partial charge is 0.477 e. The van der Waals surface area contributed by atoms with Crippen LogP contribution in [0.25, 0.3) is 0 Å². The van der Waals surface area contributed by atoms with E-state index in [0.717, 1.165) is 31.7 Å². The van der Waals surface area contributed by atoms with Crippen molar-refractivity contribution in [2.75, 3.05) is 18.0 Å². The minimum absolute atomic E-state index is 0.0990. The standard InChI is InChI=1S/C19H21N3O2/c23-19(24)17-8-7-14(10-20-17)11-21-12-15-4-1-2-6-18(15)22-9-3-5-16(22)13-21/h1-2,4,6-8,10,16H,3,5,9,11-13H2,(H,23,24)/t16-/m1/s1. The average molecular weight is 323 g/mol. The molecule has 2 aliphatic heterocycles. The van der Waals surface area contributed by atoms with Crippen molar-refractivity contribution in [2.45, 2.75) is 32.0 Å². The third-order valence-corrected chi connectivity index (χ3v) is 4.99. The molecule has 3 heterocycles. The van der Waals surface area contributed by atoms with E-state index in [1.807, 2.05) is 6.07 Å². The topological polar surface area (TPSA) is 56.7 Å². The van der Waals surface area contributed by atoms with Crippen LogP contribution in [0.4, 0.5) is 5.69 Å². The number of aromatic nitrogens is 1. The Bertz CT molecular complexity index is 745. The molecule has 124 valence electrons. The lowest BCUT2D eigenvalue weighted by atomic mass is 10.1. The number of anilines is 1. The van der Waals surface area contributed by atoms with Gasteiger partial charge < -0.3 is 10.0 Å². The van der Waals surface area contributed by atoms with Crippen LogP contribution in [-0.2, 0) is 13.1 Å². The summed E-state index contributed by atoms with van der Waals surface area (Å²) in [6, 6.07) is 12.7. The Morgan fingerprint density at radius 1 is 1.25 bits per heavy atom. The fraction of sp³-hybridized carbons (Fsp3) is 0.368. The molecule has 5 nitrogen and oxygen atoms in total. The summed E-state index contributed by atoms with van der Waals surface area (Å²) < 4.78 is 0. The van der Waals surface area contributed by atoms with Crippen molar-refractivity contribution in [2.24, 2.45) is 0 Å². The molecule has 0 bridgehead atoms. The zero-order chi connectivity index (χ0) is 16.5. The summed E-state index contributed by atoms with van der Waals surface area (Å²) in [5.74, 6) is -0.980. The molecule has 1 saturated heterocycles. The number of aromatic carboxylic acids is 1. The molecule has 1 aromatic carbocycles. The van der Waals surface area contributed by atoms with Crippen LogP contribution in [0.3, 0.4) is 0 Å². The molecule has 0 amide bonds. The van der Waals surface area contributed by atoms with Gasteiger partial charge in [0.25, 0.3) is 0 Å². The predicted molar refractivity (Wildman–Crippen MR) is 92.1 cm³/mol. The lowest BCUT2D eigenvalue weighted by Gasteiger charge is -2.27. The fourth-order valence-corrected chi connectivity index (χ4v) is 3.89. The Kier molecular flexibility index (Phi) is 3.94. The summed E-state index contributed by atoms with van der Waals surface area (Å²) in [7, 11) is 0. The average Bonchev–Trinajstić information content (AvgIpc) is 2.98. The molecule has 4 rings (SSSR count). The first-order valence-corrected chi connectivity index (χ1v) is 8.46. The van der Waals surface area contributed by atoms with E-state index in [-0.39, 0.29) is 5.69 Å². The highest BCUT2D eigenvalue weighted by Gasteiger charge is 2.31. The zero-order valence-electron chi connectivity index (χ0n) is 13.6. The predicted octanol–water partition coefficient (Wildman–Crippen LogP) is 2.76. The number of carbonyl (C=O) groups is 1. The quantitative estimate of drug-likeness (QED) is 0.941. The molecular weight excluding hydrogens is 302 g/mol. The van der Waals surface area contributed by atoms with Crippen LogP contribution >= 0.6 is 0 Å². The van der Waals surface area contributed by atoms with Gasteiger partial charge in [0.2, 0.25) is 0 Å². The van der Waals surface area contributed by atoms with Gasteiger partial charge in [0.05, 0.1) is 0 Å². The summed E-state index contributed by atoms with van der Waals surface area (Å²) in [6.07, 6.45) is 4.18. The highest BCUT2D eigenvalue weighted by Crippen LogP contribution is 2.33. The minimum Gasteiger partial charge on any atom is -0.477 e. The number of fused-ring (bicyclic) bond motifs is 3. The van der Waals surface area contributed by atoms with Gasteiger partial charge in [-0.25, -0.2) is 9.78 Å². The van der Waals surface area contributed by atoms with Crippen LogP contribution in [-0.4, -0.2) is 40.1 Å². The molecule has 0 spiro atoms. The molecule has 1 fully saturated rings. The Hall–Kier alpha value is -2.40. The van der Waals surface area contributed by atoms with Gasteiger partial charge in [-0.2, -0.15) is 0 Å². The molecule has 24 heavy (non-hydrogen) atoms. The number of para-hydroxylation sites is 1. The van der Waals surface area contributed by atoms with Crippen LogP contribution in [0.2, 0.25) is 0 Å². The van der Waals surface area contributed by atoms with E-state index in [2.05, 4.69) is 39.0 Å². The summed E-state index contributed by atoms with van der Waals surface area (Å²) in [4.78, 5) is 20.0. The van der Waals surface area contributed by atoms with Gasteiger partial charge >= 0.3 is 5.97 Å². The maximum absolute atomic E-state index is 10.9. The molecule has 1 aromatic heterocycles. The SMILES string of the molecule is O=C(O)c1ccc(CN2Cc3ccccc3N3CCC[C@@H]3C2)cn1. The third kappa shape index (κ3) is 2.87. The van der Waals surface area contributed by atoms with Gasteiger partial charge in [0, 0.05) is 44.1 Å². The normalized spacial score (nSPS) is 20.3. The number of carboxylic acids is 1. The van der Waals surface area contributed by atoms with Crippen LogP contribution in [0.5, 0.6) is 0 Å². The summed E-state index contributed by atoms with van der Waals surface area (Å²) >= 11 is 0. The lowest BCUT2D eigenvalue weighted by molar-refractivity contribution is 0.0690. The molecule has 0 aliphatic carbocycles. The van der Waals surface area contributed by atoms with E-state index >= 15 is 0 Å². The van der Waals surface area contributed by atoms with E-state index in [4.69, 9.17) is 5.11 Å². The lowest BCUT2D eigenvalue weighted by Crippen LogP contribution is -2.37. The number of benzene rings is 1. The second kappa shape index (κ2) is 6.24. The fourth-order valence-electron chi connectivity index (χ4n) is 3.89. The van der Waals surface area contributed by atoms with Gasteiger partial charge in [-0.3, -0.25) is 4.90 Å². The zero-order valence-corrected chi connectivity index (χ0v) is 13.6. The van der Waals surface area contributed by atoms with Crippen LogP contribution in [0.15, 0.2) is 42.6 Å². The molecule has 0 radical (unpaired) electrons. The van der Waals surface area contributed by atoms with E-state index < -0.39 is 5.97 Å². The summed E-state index contributed by atoms with van der Waals surface area (Å²) in [5, 5.41) is 8.97. The molecule has 5 heteroatoms. The van der Waals surface area contributed by atoms with E-state index in [0.29, 0.717) is 6.04 Å². The highest BCUT2D eigenvalue weighted by atomic mass is 16.4. The van der Waals surface area contributed by atoms with Gasteiger partial charge in [0.15, 0.2) is 0 Å². The van der Waals surface area contributed by atoms with Crippen LogP contribution in [0, 0.1) is 0 Å². The molecule has 2 aliphatic rings. The van der Waals surface area contributed by atoms with Crippen LogP contribution < -0.4 is 4.90 Å². The first-order chi connectivity index (χ1) is 11.7. The number of nitrogens with zero attached hydrogens (tertiary/aromatic N) is 3. The first kappa shape index (κ1) is 15.1. The number of rotatable bonds is 3. The van der Waals surface area contributed by atoms with Crippen LogP contribution in [0.1, 0.15) is 34.5 Å². The van der Waals surface area contributed by atoms with Crippen molar-refractivity contribution in [3.05, 3.63) is 59.4 Å². The van der Waals surface area contributed by atoms with Crippen molar-refractivity contribution in [3.8, 4) is 0 Å². The third-order valence-electron chi connectivity index (χ3n) is 4.99. The maximum atomic E-state index is 10.9. The number of pyridine rings is 1. The van der Waals surface area contributed by atoms with Gasteiger partial charge in [0.1, 0.15) is 5.69 Å². The molecule has 0 unspecified atom stereocenters. The summed E-state index contributed by atoms with van der Waals surface area (Å²) in [5.41, 5.74) is 3.91. The second-order valence-corrected chi connectivity index (χ2v) is 6.64. The second-order valence-electron chi connectivity index (χ2n) is 6.64. The Morgan fingerprint density at radius 3 is 2.92 bits per heavy atom. The molecule has 2 aromatic rings. The van der Waals surface area contributed by atoms with Gasteiger partial charge in [-0.15, -0.1) is 0 Å². The Morgan fingerprint density at radius 2 is 2.12 bits per heavy atom. The van der Waals surface area contributed by atoms with E-state index in [1.165, 1.54) is 24.1 Å². The van der Waals surface area contributed by atoms with Crippen molar-refractivity contribution in [3.63, 3.8) is 0 Å². The number of hydrogen-bond acceptors (Lipinski definition) is 4. The van der Waals surface area contributed by atoms with Crippen molar-refractivity contribution in [1.29, 1.82) is 0 Å². The monoisotopic (exact) mass is 323 g/mol. The molecule has 1 N–H and O–H groups in total. The first-order valence-electron chi connectivity index (χ1n) is 8.46. The molecule has 1 atom stereocenters. The highest BCUT2D eigenvalue weighted by molar-refractivity contribution is 5.85. The number of carboxylic acid groups (broad SMARTS) is 1. The van der Waals surface area contributed by atoms with Crippen molar-refractivity contribution >= 4 is 11.7 Å². The minimum atomic E-state index is -0.980. The smallest absolute Gasteiger partial charge is 0.354 e. The number of hydrogen-bond donors (Lipinski definition) is 1. The summed E-state index contributed by atoms with van der Waals surface area (Å²) in [6.45, 7) is 3.90. The van der Waals surface area contributed by atoms with Gasteiger partial charge in [-0.1, -0.05) is 24.3 Å². The van der Waals surface area contributed by atoms with Gasteiger partial charge in [-0.05, 0) is 36.1 Å². The Labute approximate surface area is 141 Å².